The van der Waals surface area contributed by atoms with Gasteiger partial charge in [-0.25, -0.2) is 0 Å². The van der Waals surface area contributed by atoms with E-state index in [2.05, 4.69) is 11.4 Å². The van der Waals surface area contributed by atoms with Crippen molar-refractivity contribution in [2.75, 3.05) is 13.7 Å². The predicted octanol–water partition coefficient (Wildman–Crippen LogP) is 3.60. The molecule has 2 aromatic carbocycles. The molecule has 0 heterocycles. The van der Waals surface area contributed by atoms with Crippen LogP contribution in [-0.4, -0.2) is 13.7 Å². The van der Waals surface area contributed by atoms with Crippen LogP contribution >= 0.6 is 0 Å². The van der Waals surface area contributed by atoms with Crippen molar-refractivity contribution >= 4 is 0 Å². The van der Waals surface area contributed by atoms with Crippen LogP contribution in [0, 0.1) is 0 Å². The highest BCUT2D eigenvalue weighted by Crippen LogP contribution is 2.26. The van der Waals surface area contributed by atoms with Gasteiger partial charge in [-0.05, 0) is 44.3 Å². The minimum absolute atomic E-state index is 0.672. The van der Waals surface area contributed by atoms with E-state index in [0.29, 0.717) is 6.61 Å². The van der Waals surface area contributed by atoms with Gasteiger partial charge in [0.25, 0.3) is 0 Å². The van der Waals surface area contributed by atoms with E-state index in [1.807, 2.05) is 56.4 Å². The third-order valence-corrected chi connectivity index (χ3v) is 2.70. The summed E-state index contributed by atoms with van der Waals surface area (Å²) in [5.41, 5.74) is 1.14. The van der Waals surface area contributed by atoms with E-state index in [9.17, 15) is 0 Å². The molecule has 0 aliphatic heterocycles. The number of nitrogens with one attached hydrogen (secondary N) is 1. The molecule has 0 spiro atoms. The monoisotopic (exact) mass is 257 g/mol. The van der Waals surface area contributed by atoms with E-state index in [1.165, 1.54) is 0 Å². The quantitative estimate of drug-likeness (QED) is 0.857. The third-order valence-electron chi connectivity index (χ3n) is 2.70. The average Bonchev–Trinajstić information content (AvgIpc) is 2.44. The van der Waals surface area contributed by atoms with Gasteiger partial charge in [0.05, 0.1) is 6.61 Å². The second-order valence-corrected chi connectivity index (χ2v) is 4.14. The van der Waals surface area contributed by atoms with Crippen molar-refractivity contribution in [2.24, 2.45) is 0 Å². The Kier molecular flexibility index (Phi) is 4.81. The molecule has 3 heteroatoms. The molecular formula is C16H19NO2. The Morgan fingerprint density at radius 1 is 0.947 bits per heavy atom. The van der Waals surface area contributed by atoms with Gasteiger partial charge in [-0.2, -0.15) is 0 Å². The molecule has 0 bridgehead atoms. The number of benzene rings is 2. The van der Waals surface area contributed by atoms with E-state index in [1.54, 1.807) is 0 Å². The lowest BCUT2D eigenvalue weighted by molar-refractivity contribution is 0.339. The molecule has 0 fully saturated rings. The average molecular weight is 257 g/mol. The Morgan fingerprint density at radius 2 is 1.63 bits per heavy atom. The van der Waals surface area contributed by atoms with Gasteiger partial charge in [-0.15, -0.1) is 0 Å². The van der Waals surface area contributed by atoms with E-state index in [4.69, 9.17) is 9.47 Å². The van der Waals surface area contributed by atoms with E-state index < -0.39 is 0 Å². The summed E-state index contributed by atoms with van der Waals surface area (Å²) in [6.07, 6.45) is 0. The van der Waals surface area contributed by atoms with E-state index in [-0.39, 0.29) is 0 Å². The molecule has 0 aromatic heterocycles. The predicted molar refractivity (Wildman–Crippen MR) is 76.9 cm³/mol. The molecule has 3 nitrogen and oxygen atoms in total. The van der Waals surface area contributed by atoms with Gasteiger partial charge in [0.2, 0.25) is 0 Å². The van der Waals surface area contributed by atoms with Crippen LogP contribution in [0.5, 0.6) is 17.2 Å². The summed E-state index contributed by atoms with van der Waals surface area (Å²) in [6, 6.07) is 15.7. The molecule has 0 saturated heterocycles. The topological polar surface area (TPSA) is 30.5 Å². The van der Waals surface area contributed by atoms with Gasteiger partial charge >= 0.3 is 0 Å². The first-order chi connectivity index (χ1) is 9.33. The second-order valence-electron chi connectivity index (χ2n) is 4.14. The molecule has 0 aliphatic rings. The molecule has 2 rings (SSSR count). The summed E-state index contributed by atoms with van der Waals surface area (Å²) in [5, 5.41) is 3.14. The first-order valence-corrected chi connectivity index (χ1v) is 6.46. The van der Waals surface area contributed by atoms with Crippen LogP contribution in [0.1, 0.15) is 12.5 Å². The molecule has 2 aromatic rings. The molecule has 0 saturated carbocycles. The summed E-state index contributed by atoms with van der Waals surface area (Å²) in [4.78, 5) is 0. The maximum atomic E-state index is 5.90. The summed E-state index contributed by atoms with van der Waals surface area (Å²) in [5.74, 6) is 2.55. The van der Waals surface area contributed by atoms with Gasteiger partial charge in [0, 0.05) is 12.1 Å². The fraction of sp³-hybridized carbons (Fsp3) is 0.250. The number of ether oxygens (including phenoxy) is 2. The van der Waals surface area contributed by atoms with E-state index in [0.717, 1.165) is 29.4 Å². The van der Waals surface area contributed by atoms with Gasteiger partial charge in [-0.1, -0.05) is 18.2 Å². The van der Waals surface area contributed by atoms with Crippen molar-refractivity contribution in [3.05, 3.63) is 54.1 Å². The number of para-hydroxylation sites is 1. The zero-order valence-corrected chi connectivity index (χ0v) is 11.3. The first-order valence-electron chi connectivity index (χ1n) is 6.46. The van der Waals surface area contributed by atoms with Crippen molar-refractivity contribution in [3.8, 4) is 17.2 Å². The normalized spacial score (nSPS) is 10.2. The van der Waals surface area contributed by atoms with Crippen LogP contribution in [0.15, 0.2) is 48.5 Å². The highest BCUT2D eigenvalue weighted by molar-refractivity contribution is 5.39. The molecule has 1 N–H and O–H groups in total. The number of hydrogen-bond acceptors (Lipinski definition) is 3. The fourth-order valence-corrected chi connectivity index (χ4v) is 1.84. The van der Waals surface area contributed by atoms with Crippen LogP contribution in [0.2, 0.25) is 0 Å². The lowest BCUT2D eigenvalue weighted by atomic mass is 10.2. The Balaban J connectivity index is 2.12. The molecule has 0 radical (unpaired) electrons. The van der Waals surface area contributed by atoms with Crippen molar-refractivity contribution in [2.45, 2.75) is 13.5 Å². The minimum Gasteiger partial charge on any atom is -0.494 e. The Bertz CT molecular complexity index is 508. The molecule has 0 aliphatic carbocycles. The van der Waals surface area contributed by atoms with Crippen molar-refractivity contribution < 1.29 is 9.47 Å². The Labute approximate surface area is 114 Å². The summed E-state index contributed by atoms with van der Waals surface area (Å²) in [6.45, 7) is 3.43. The van der Waals surface area contributed by atoms with Crippen molar-refractivity contribution in [1.29, 1.82) is 0 Å². The van der Waals surface area contributed by atoms with Crippen LogP contribution in [-0.2, 0) is 6.54 Å². The molecule has 100 valence electrons. The van der Waals surface area contributed by atoms with Gasteiger partial charge in [0.1, 0.15) is 17.2 Å². The second kappa shape index (κ2) is 6.81. The third kappa shape index (κ3) is 3.73. The lowest BCUT2D eigenvalue weighted by Gasteiger charge is -2.11. The van der Waals surface area contributed by atoms with Crippen LogP contribution in [0.3, 0.4) is 0 Å². The zero-order chi connectivity index (χ0) is 13.5. The summed E-state index contributed by atoms with van der Waals surface area (Å²) in [7, 11) is 1.92. The fourth-order valence-electron chi connectivity index (χ4n) is 1.84. The maximum absolute atomic E-state index is 5.90. The van der Waals surface area contributed by atoms with Gasteiger partial charge < -0.3 is 14.8 Å². The first kappa shape index (κ1) is 13.4. The van der Waals surface area contributed by atoms with Gasteiger partial charge in [-0.3, -0.25) is 0 Å². The largest absolute Gasteiger partial charge is 0.494 e. The standard InChI is InChI=1S/C16H19NO2/c1-3-18-14-8-10-15(11-9-14)19-16-7-5-4-6-13(16)12-17-2/h4-11,17H,3,12H2,1-2H3. The number of hydrogen-bond donors (Lipinski definition) is 1. The van der Waals surface area contributed by atoms with Crippen molar-refractivity contribution in [1.82, 2.24) is 5.32 Å². The highest BCUT2D eigenvalue weighted by Gasteiger charge is 2.03. The lowest BCUT2D eigenvalue weighted by Crippen LogP contribution is -2.06. The van der Waals surface area contributed by atoms with E-state index >= 15 is 0 Å². The van der Waals surface area contributed by atoms with Crippen molar-refractivity contribution in [3.63, 3.8) is 0 Å². The van der Waals surface area contributed by atoms with Crippen LogP contribution in [0.4, 0.5) is 0 Å². The summed E-state index contributed by atoms with van der Waals surface area (Å²) < 4.78 is 11.3. The molecule has 0 unspecified atom stereocenters. The molecule has 0 amide bonds. The molecular weight excluding hydrogens is 238 g/mol. The van der Waals surface area contributed by atoms with Gasteiger partial charge in [0.15, 0.2) is 0 Å². The summed E-state index contributed by atoms with van der Waals surface area (Å²) >= 11 is 0. The zero-order valence-electron chi connectivity index (χ0n) is 11.3. The molecule has 0 atom stereocenters. The maximum Gasteiger partial charge on any atom is 0.131 e. The smallest absolute Gasteiger partial charge is 0.131 e. The Morgan fingerprint density at radius 3 is 2.32 bits per heavy atom. The molecule has 19 heavy (non-hydrogen) atoms. The SMILES string of the molecule is CCOc1ccc(Oc2ccccc2CNC)cc1. The Hall–Kier alpha value is -2.00. The highest BCUT2D eigenvalue weighted by atomic mass is 16.5. The minimum atomic E-state index is 0.672. The van der Waals surface area contributed by atoms with Crippen LogP contribution in [0.25, 0.3) is 0 Å². The van der Waals surface area contributed by atoms with Crippen LogP contribution < -0.4 is 14.8 Å². The number of rotatable bonds is 6.